The van der Waals surface area contributed by atoms with E-state index in [1.165, 1.54) is 12.0 Å². The maximum absolute atomic E-state index is 12.2. The molecule has 1 saturated heterocycles. The molecule has 10 nitrogen and oxygen atoms in total. The van der Waals surface area contributed by atoms with Gasteiger partial charge >= 0.3 is 12.1 Å². The van der Waals surface area contributed by atoms with Crippen LogP contribution in [0.2, 0.25) is 0 Å². The molecule has 0 spiro atoms. The minimum Gasteiger partial charge on any atom is -0.469 e. The number of piperidine rings is 1. The van der Waals surface area contributed by atoms with Crippen LogP contribution in [0.1, 0.15) is 48.0 Å². The molecule has 1 aliphatic heterocycles. The van der Waals surface area contributed by atoms with Gasteiger partial charge in [-0.1, -0.05) is 30.3 Å². The van der Waals surface area contributed by atoms with Crippen molar-refractivity contribution in [3.63, 3.8) is 0 Å². The van der Waals surface area contributed by atoms with E-state index in [4.69, 9.17) is 14.8 Å². The SMILES string of the molecule is COC(=O)CC(Cc1ccccc1)c1nc(Nc2cnn(C3CCN(C(=O)O)CC3)c2)ncc1C. The Morgan fingerprint density at radius 3 is 2.63 bits per heavy atom. The van der Waals surface area contributed by atoms with Gasteiger partial charge in [-0.15, -0.1) is 0 Å². The van der Waals surface area contributed by atoms with Gasteiger partial charge in [0.15, 0.2) is 0 Å². The third-order valence-electron chi connectivity index (χ3n) is 6.33. The van der Waals surface area contributed by atoms with Crippen LogP contribution >= 0.6 is 0 Å². The average molecular weight is 479 g/mol. The van der Waals surface area contributed by atoms with Gasteiger partial charge in [0.25, 0.3) is 0 Å². The summed E-state index contributed by atoms with van der Waals surface area (Å²) in [5.41, 5.74) is 3.56. The van der Waals surface area contributed by atoms with Gasteiger partial charge in [-0.25, -0.2) is 14.8 Å². The molecule has 1 atom stereocenters. The first-order valence-corrected chi connectivity index (χ1v) is 11.7. The van der Waals surface area contributed by atoms with Crippen molar-refractivity contribution in [1.29, 1.82) is 0 Å². The second-order valence-corrected chi connectivity index (χ2v) is 8.76. The summed E-state index contributed by atoms with van der Waals surface area (Å²) in [6, 6.07) is 10.1. The van der Waals surface area contributed by atoms with E-state index in [0.717, 1.165) is 22.5 Å². The summed E-state index contributed by atoms with van der Waals surface area (Å²) in [5.74, 6) is -0.0157. The van der Waals surface area contributed by atoms with Crippen LogP contribution in [-0.4, -0.2) is 62.0 Å². The average Bonchev–Trinajstić information content (AvgIpc) is 3.34. The highest BCUT2D eigenvalue weighted by Crippen LogP contribution is 2.28. The van der Waals surface area contributed by atoms with Gasteiger partial charge in [0.05, 0.1) is 37.2 Å². The van der Waals surface area contributed by atoms with E-state index in [2.05, 4.69) is 15.4 Å². The van der Waals surface area contributed by atoms with Crippen molar-refractivity contribution in [3.8, 4) is 0 Å². The van der Waals surface area contributed by atoms with E-state index in [1.54, 1.807) is 12.4 Å². The zero-order valence-electron chi connectivity index (χ0n) is 19.9. The van der Waals surface area contributed by atoms with Crippen LogP contribution in [0.25, 0.3) is 0 Å². The smallest absolute Gasteiger partial charge is 0.407 e. The van der Waals surface area contributed by atoms with Crippen molar-refractivity contribution in [2.45, 2.75) is 44.6 Å². The van der Waals surface area contributed by atoms with Crippen molar-refractivity contribution < 1.29 is 19.4 Å². The molecule has 184 valence electrons. The lowest BCUT2D eigenvalue weighted by molar-refractivity contribution is -0.141. The fraction of sp³-hybridized carbons (Fsp3) is 0.400. The number of amides is 1. The molecule has 3 heterocycles. The number of nitrogens with zero attached hydrogens (tertiary/aromatic N) is 5. The van der Waals surface area contributed by atoms with Gasteiger partial charge < -0.3 is 20.1 Å². The van der Waals surface area contributed by atoms with Gasteiger partial charge in [-0.3, -0.25) is 9.48 Å². The third kappa shape index (κ3) is 6.14. The summed E-state index contributed by atoms with van der Waals surface area (Å²) in [5, 5.41) is 16.8. The largest absolute Gasteiger partial charge is 0.469 e. The molecule has 0 saturated carbocycles. The fourth-order valence-corrected chi connectivity index (χ4v) is 4.43. The lowest BCUT2D eigenvalue weighted by Gasteiger charge is -2.29. The van der Waals surface area contributed by atoms with Gasteiger partial charge in [0.2, 0.25) is 5.95 Å². The highest BCUT2D eigenvalue weighted by Gasteiger charge is 2.24. The standard InChI is InChI=1S/C25H30N6O4/c1-17-14-26-24(28-20-15-27-31(16-20)21-8-10-30(11-9-21)25(33)34)29-23(17)19(13-22(32)35-2)12-18-6-4-3-5-7-18/h3-7,14-16,19,21H,8-13H2,1-2H3,(H,33,34)(H,26,28,29). The second kappa shape index (κ2) is 11.0. The molecule has 1 fully saturated rings. The predicted molar refractivity (Wildman–Crippen MR) is 130 cm³/mol. The number of esters is 1. The molecule has 35 heavy (non-hydrogen) atoms. The molecule has 2 aromatic heterocycles. The Balaban J connectivity index is 1.49. The number of carboxylic acid groups (broad SMARTS) is 1. The Labute approximate surface area is 204 Å². The van der Waals surface area contributed by atoms with Crippen LogP contribution in [0.5, 0.6) is 0 Å². The number of nitrogens with one attached hydrogen (secondary N) is 1. The Kier molecular flexibility index (Phi) is 7.59. The number of aromatic nitrogens is 4. The van der Waals surface area contributed by atoms with E-state index in [-0.39, 0.29) is 24.3 Å². The molecule has 1 amide bonds. The van der Waals surface area contributed by atoms with Crippen molar-refractivity contribution in [1.82, 2.24) is 24.6 Å². The molecule has 3 aromatic rings. The topological polar surface area (TPSA) is 122 Å². The van der Waals surface area contributed by atoms with Crippen LogP contribution in [-0.2, 0) is 16.0 Å². The Morgan fingerprint density at radius 1 is 1.20 bits per heavy atom. The van der Waals surface area contributed by atoms with Gasteiger partial charge in [-0.2, -0.15) is 5.10 Å². The third-order valence-corrected chi connectivity index (χ3v) is 6.33. The summed E-state index contributed by atoms with van der Waals surface area (Å²) >= 11 is 0. The first-order chi connectivity index (χ1) is 16.9. The summed E-state index contributed by atoms with van der Waals surface area (Å²) in [7, 11) is 1.39. The predicted octanol–water partition coefficient (Wildman–Crippen LogP) is 3.93. The van der Waals surface area contributed by atoms with Gasteiger partial charge in [-0.05, 0) is 37.3 Å². The molecule has 2 N–H and O–H groups in total. The van der Waals surface area contributed by atoms with E-state index in [0.29, 0.717) is 38.3 Å². The zero-order valence-corrected chi connectivity index (χ0v) is 19.9. The summed E-state index contributed by atoms with van der Waals surface area (Å²) < 4.78 is 6.81. The van der Waals surface area contributed by atoms with Crippen molar-refractivity contribution in [3.05, 3.63) is 65.7 Å². The molecule has 1 unspecified atom stereocenters. The Hall–Kier alpha value is -3.95. The number of benzene rings is 1. The van der Waals surface area contributed by atoms with Crippen LogP contribution in [0.15, 0.2) is 48.9 Å². The van der Waals surface area contributed by atoms with E-state index in [9.17, 15) is 9.59 Å². The maximum atomic E-state index is 12.2. The molecule has 0 aliphatic carbocycles. The van der Waals surface area contributed by atoms with E-state index >= 15 is 0 Å². The van der Waals surface area contributed by atoms with Crippen molar-refractivity contribution in [2.75, 3.05) is 25.5 Å². The number of rotatable bonds is 8. The summed E-state index contributed by atoms with van der Waals surface area (Å²) in [6.07, 6.45) is 6.78. The maximum Gasteiger partial charge on any atom is 0.407 e. The number of anilines is 2. The number of hydrogen-bond acceptors (Lipinski definition) is 7. The zero-order chi connectivity index (χ0) is 24.8. The minimum absolute atomic E-state index is 0.144. The minimum atomic E-state index is -0.878. The van der Waals surface area contributed by atoms with Crippen LogP contribution in [0, 0.1) is 6.92 Å². The van der Waals surface area contributed by atoms with Crippen LogP contribution < -0.4 is 5.32 Å². The van der Waals surface area contributed by atoms with Gasteiger partial charge in [0, 0.05) is 31.4 Å². The van der Waals surface area contributed by atoms with E-state index < -0.39 is 6.09 Å². The molecular formula is C25H30N6O4. The second-order valence-electron chi connectivity index (χ2n) is 8.76. The first kappa shape index (κ1) is 24.2. The van der Waals surface area contributed by atoms with Gasteiger partial charge in [0.1, 0.15) is 0 Å². The molecule has 1 aromatic carbocycles. The normalized spacial score (nSPS) is 15.0. The number of carbonyl (C=O) groups excluding carboxylic acids is 1. The number of ether oxygens (including phenoxy) is 1. The molecule has 0 radical (unpaired) electrons. The monoisotopic (exact) mass is 478 g/mol. The number of aryl methyl sites for hydroxylation is 1. The number of likely N-dealkylation sites (tertiary alicyclic amines) is 1. The van der Waals surface area contributed by atoms with Crippen LogP contribution in [0.4, 0.5) is 16.4 Å². The molecule has 0 bridgehead atoms. The fourth-order valence-electron chi connectivity index (χ4n) is 4.43. The molecule has 4 rings (SSSR count). The lowest BCUT2D eigenvalue weighted by atomic mass is 9.91. The molecule has 10 heteroatoms. The first-order valence-electron chi connectivity index (χ1n) is 11.7. The van der Waals surface area contributed by atoms with E-state index in [1.807, 2.05) is 48.1 Å². The summed E-state index contributed by atoms with van der Waals surface area (Å²) in [6.45, 7) is 2.93. The van der Waals surface area contributed by atoms with Crippen LogP contribution in [0.3, 0.4) is 0 Å². The van der Waals surface area contributed by atoms with Crippen molar-refractivity contribution >= 4 is 23.7 Å². The number of methoxy groups -OCH3 is 1. The molecular weight excluding hydrogens is 448 g/mol. The number of hydrogen-bond donors (Lipinski definition) is 2. The summed E-state index contributed by atoms with van der Waals surface area (Å²) in [4.78, 5) is 33.9. The van der Waals surface area contributed by atoms with Crippen molar-refractivity contribution in [2.24, 2.45) is 0 Å². The lowest BCUT2D eigenvalue weighted by Crippen LogP contribution is -2.38. The molecule has 1 aliphatic rings. The Bertz CT molecular complexity index is 1160. The Morgan fingerprint density at radius 2 is 1.94 bits per heavy atom. The quantitative estimate of drug-likeness (QED) is 0.467. The number of carbonyl (C=O) groups is 2. The highest BCUT2D eigenvalue weighted by molar-refractivity contribution is 5.70. The highest BCUT2D eigenvalue weighted by atomic mass is 16.5.